The lowest BCUT2D eigenvalue weighted by Gasteiger charge is -2.33. The van der Waals surface area contributed by atoms with Gasteiger partial charge in [-0.15, -0.1) is 0 Å². The molecule has 2 rings (SSSR count). The topological polar surface area (TPSA) is 65.1 Å². The second-order valence-corrected chi connectivity index (χ2v) is 5.49. The fraction of sp³-hybridized carbons (Fsp3) is 0.643. The van der Waals surface area contributed by atoms with E-state index in [1.54, 1.807) is 6.08 Å². The number of aromatic amines is 1. The van der Waals surface area contributed by atoms with Crippen molar-refractivity contribution < 1.29 is 4.79 Å². The van der Waals surface area contributed by atoms with Gasteiger partial charge in [-0.2, -0.15) is 5.10 Å². The number of carbonyl (C=O) groups excluding carboxylic acids is 1. The zero-order chi connectivity index (χ0) is 14.5. The van der Waals surface area contributed by atoms with Gasteiger partial charge in [-0.1, -0.05) is 6.08 Å². The van der Waals surface area contributed by atoms with E-state index in [1.807, 2.05) is 36.9 Å². The molecular formula is C14H23N5O. The number of H-pyrrole nitrogens is 1. The van der Waals surface area contributed by atoms with Crippen molar-refractivity contribution in [3.8, 4) is 0 Å². The van der Waals surface area contributed by atoms with Gasteiger partial charge in [-0.25, -0.2) is 4.98 Å². The molecule has 1 N–H and O–H groups in total. The normalized spacial score (nSPS) is 20.0. The van der Waals surface area contributed by atoms with E-state index in [0.717, 1.165) is 44.0 Å². The number of likely N-dealkylation sites (N-methyl/N-ethyl adjacent to an activating group) is 1. The Morgan fingerprint density at radius 3 is 2.95 bits per heavy atom. The van der Waals surface area contributed by atoms with Crippen molar-refractivity contribution in [2.75, 3.05) is 27.2 Å². The van der Waals surface area contributed by atoms with Gasteiger partial charge < -0.3 is 9.80 Å². The van der Waals surface area contributed by atoms with Crippen LogP contribution >= 0.6 is 0 Å². The average Bonchev–Trinajstić information content (AvgIpc) is 2.85. The van der Waals surface area contributed by atoms with Crippen LogP contribution in [0.2, 0.25) is 0 Å². The van der Waals surface area contributed by atoms with Crippen LogP contribution in [-0.4, -0.2) is 58.1 Å². The fourth-order valence-electron chi connectivity index (χ4n) is 2.43. The molecule has 6 heteroatoms. The summed E-state index contributed by atoms with van der Waals surface area (Å²) in [6.07, 6.45) is 6.66. The average molecular weight is 277 g/mol. The van der Waals surface area contributed by atoms with E-state index in [2.05, 4.69) is 15.2 Å². The molecule has 0 aromatic carbocycles. The predicted octanol–water partition coefficient (Wildman–Crippen LogP) is 1.28. The maximum atomic E-state index is 12.3. The second-order valence-electron chi connectivity index (χ2n) is 5.49. The van der Waals surface area contributed by atoms with Gasteiger partial charge in [0.2, 0.25) is 5.91 Å². The third-order valence-electron chi connectivity index (χ3n) is 3.43. The minimum atomic E-state index is 0.00482. The molecule has 1 unspecified atom stereocenters. The largest absolute Gasteiger partial charge is 0.329 e. The molecule has 1 aliphatic heterocycles. The molecular weight excluding hydrogens is 254 g/mol. The first-order chi connectivity index (χ1) is 9.58. The van der Waals surface area contributed by atoms with E-state index in [0.29, 0.717) is 0 Å². The molecule has 6 nitrogen and oxygen atoms in total. The number of rotatable bonds is 4. The number of piperidine rings is 1. The summed E-state index contributed by atoms with van der Waals surface area (Å²) in [6, 6.07) is 0.00482. The van der Waals surface area contributed by atoms with E-state index in [1.165, 1.54) is 0 Å². The monoisotopic (exact) mass is 277 g/mol. The second kappa shape index (κ2) is 6.65. The van der Waals surface area contributed by atoms with Gasteiger partial charge in [0, 0.05) is 19.2 Å². The van der Waals surface area contributed by atoms with Crippen LogP contribution < -0.4 is 0 Å². The van der Waals surface area contributed by atoms with E-state index in [9.17, 15) is 4.79 Å². The van der Waals surface area contributed by atoms with Crippen LogP contribution in [0.1, 0.15) is 37.0 Å². The fourth-order valence-corrected chi connectivity index (χ4v) is 2.43. The quantitative estimate of drug-likeness (QED) is 0.842. The highest BCUT2D eigenvalue weighted by molar-refractivity contribution is 5.88. The highest BCUT2D eigenvalue weighted by atomic mass is 16.2. The van der Waals surface area contributed by atoms with Crippen LogP contribution in [0.5, 0.6) is 0 Å². The van der Waals surface area contributed by atoms with Crippen molar-refractivity contribution >= 4 is 5.91 Å². The summed E-state index contributed by atoms with van der Waals surface area (Å²) in [5.41, 5.74) is 0. The predicted molar refractivity (Wildman–Crippen MR) is 77.1 cm³/mol. The van der Waals surface area contributed by atoms with Crippen molar-refractivity contribution in [2.24, 2.45) is 0 Å². The highest BCUT2D eigenvalue weighted by Gasteiger charge is 2.29. The molecule has 110 valence electrons. The number of aryl methyl sites for hydroxylation is 1. The number of carbonyl (C=O) groups is 1. The molecule has 1 aromatic heterocycles. The number of aromatic nitrogens is 3. The summed E-state index contributed by atoms with van der Waals surface area (Å²) in [6.45, 7) is 3.43. The standard InChI is InChI=1S/C14H23N5O/c1-11-15-14(17-16-11)12-7-4-5-10-19(12)13(20)8-6-9-18(2)3/h6,8,12H,4-5,7,9-10H2,1-3H3,(H,15,16,17)/b8-6+. The molecule has 1 atom stereocenters. The van der Waals surface area contributed by atoms with E-state index in [-0.39, 0.29) is 11.9 Å². The van der Waals surface area contributed by atoms with Gasteiger partial charge in [-0.3, -0.25) is 9.89 Å². The van der Waals surface area contributed by atoms with E-state index >= 15 is 0 Å². The first-order valence-electron chi connectivity index (χ1n) is 7.08. The smallest absolute Gasteiger partial charge is 0.246 e. The first kappa shape index (κ1) is 14.7. The zero-order valence-electron chi connectivity index (χ0n) is 12.5. The Balaban J connectivity index is 2.06. The summed E-state index contributed by atoms with van der Waals surface area (Å²) < 4.78 is 0. The van der Waals surface area contributed by atoms with E-state index in [4.69, 9.17) is 0 Å². The Morgan fingerprint density at radius 2 is 2.30 bits per heavy atom. The Morgan fingerprint density at radius 1 is 1.50 bits per heavy atom. The van der Waals surface area contributed by atoms with Crippen LogP contribution in [0.15, 0.2) is 12.2 Å². The number of hydrogen-bond acceptors (Lipinski definition) is 4. The first-order valence-corrected chi connectivity index (χ1v) is 7.08. The molecule has 0 bridgehead atoms. The summed E-state index contributed by atoms with van der Waals surface area (Å²) in [4.78, 5) is 20.6. The molecule has 0 saturated carbocycles. The maximum Gasteiger partial charge on any atom is 0.246 e. The number of likely N-dealkylation sites (tertiary alicyclic amines) is 1. The summed E-state index contributed by atoms with van der Waals surface area (Å²) >= 11 is 0. The maximum absolute atomic E-state index is 12.3. The van der Waals surface area contributed by atoms with Crippen LogP contribution in [0.25, 0.3) is 0 Å². The third kappa shape index (κ3) is 3.66. The Kier molecular flexibility index (Phi) is 4.89. The summed E-state index contributed by atoms with van der Waals surface area (Å²) in [7, 11) is 3.96. The van der Waals surface area contributed by atoms with E-state index < -0.39 is 0 Å². The van der Waals surface area contributed by atoms with Crippen LogP contribution in [0.4, 0.5) is 0 Å². The van der Waals surface area contributed by atoms with Crippen LogP contribution in [0, 0.1) is 6.92 Å². The SMILES string of the molecule is Cc1nc(C2CCCCN2C(=O)/C=C/CN(C)C)n[nH]1. The molecule has 0 aliphatic carbocycles. The van der Waals surface area contributed by atoms with Gasteiger partial charge in [-0.05, 0) is 40.3 Å². The summed E-state index contributed by atoms with van der Waals surface area (Å²) in [5, 5.41) is 7.08. The Bertz CT molecular complexity index is 480. The van der Waals surface area contributed by atoms with Gasteiger partial charge in [0.05, 0.1) is 6.04 Å². The van der Waals surface area contributed by atoms with Crippen molar-refractivity contribution in [1.29, 1.82) is 0 Å². The molecule has 0 radical (unpaired) electrons. The minimum absolute atomic E-state index is 0.00482. The summed E-state index contributed by atoms with van der Waals surface area (Å²) in [5.74, 6) is 1.58. The number of amides is 1. The zero-order valence-corrected chi connectivity index (χ0v) is 12.5. The Labute approximate surface area is 119 Å². The van der Waals surface area contributed by atoms with Crippen LogP contribution in [-0.2, 0) is 4.79 Å². The molecule has 1 aliphatic rings. The van der Waals surface area contributed by atoms with Gasteiger partial charge in [0.25, 0.3) is 0 Å². The van der Waals surface area contributed by atoms with Crippen molar-refractivity contribution in [1.82, 2.24) is 25.0 Å². The van der Waals surface area contributed by atoms with Crippen molar-refractivity contribution in [3.63, 3.8) is 0 Å². The van der Waals surface area contributed by atoms with Crippen molar-refractivity contribution in [3.05, 3.63) is 23.8 Å². The lowest BCUT2D eigenvalue weighted by Crippen LogP contribution is -2.38. The highest BCUT2D eigenvalue weighted by Crippen LogP contribution is 2.28. The third-order valence-corrected chi connectivity index (χ3v) is 3.43. The van der Waals surface area contributed by atoms with Gasteiger partial charge in [0.15, 0.2) is 5.82 Å². The lowest BCUT2D eigenvalue weighted by molar-refractivity contribution is -0.129. The van der Waals surface area contributed by atoms with Gasteiger partial charge >= 0.3 is 0 Å². The molecule has 20 heavy (non-hydrogen) atoms. The Hall–Kier alpha value is -1.69. The molecule has 1 saturated heterocycles. The number of nitrogens with one attached hydrogen (secondary N) is 1. The molecule has 2 heterocycles. The van der Waals surface area contributed by atoms with Gasteiger partial charge in [0.1, 0.15) is 5.82 Å². The molecule has 0 spiro atoms. The lowest BCUT2D eigenvalue weighted by atomic mass is 10.0. The molecule has 1 amide bonds. The van der Waals surface area contributed by atoms with Crippen molar-refractivity contribution in [2.45, 2.75) is 32.2 Å². The molecule has 1 aromatic rings. The molecule has 1 fully saturated rings. The number of nitrogens with zero attached hydrogens (tertiary/aromatic N) is 4. The van der Waals surface area contributed by atoms with Crippen LogP contribution in [0.3, 0.4) is 0 Å². The minimum Gasteiger partial charge on any atom is -0.329 e. The number of hydrogen-bond donors (Lipinski definition) is 1.